The van der Waals surface area contributed by atoms with Gasteiger partial charge in [0.2, 0.25) is 6.08 Å². The highest BCUT2D eigenvalue weighted by Crippen LogP contribution is 2.50. The molecule has 0 spiro atoms. The first-order valence-corrected chi connectivity index (χ1v) is 8.15. The van der Waals surface area contributed by atoms with Gasteiger partial charge in [-0.25, -0.2) is 4.79 Å². The molecule has 1 aromatic rings. The van der Waals surface area contributed by atoms with Crippen molar-refractivity contribution >= 4 is 22.0 Å². The van der Waals surface area contributed by atoms with Crippen LogP contribution in [0.25, 0.3) is 0 Å². The monoisotopic (exact) mass is 351 g/mol. The summed E-state index contributed by atoms with van der Waals surface area (Å²) in [6.07, 6.45) is 6.55. The molecule has 2 aliphatic rings. The number of benzene rings is 1. The minimum atomic E-state index is -0.463. The van der Waals surface area contributed by atoms with Gasteiger partial charge >= 0.3 is 0 Å². The van der Waals surface area contributed by atoms with Crippen LogP contribution < -0.4 is 9.47 Å². The lowest BCUT2D eigenvalue weighted by Gasteiger charge is -2.28. The van der Waals surface area contributed by atoms with Crippen molar-refractivity contribution in [3.63, 3.8) is 0 Å². The molecule has 0 saturated heterocycles. The first kappa shape index (κ1) is 14.6. The zero-order chi connectivity index (χ0) is 14.9. The van der Waals surface area contributed by atoms with Crippen molar-refractivity contribution < 1.29 is 14.3 Å². The van der Waals surface area contributed by atoms with E-state index in [4.69, 9.17) is 9.47 Å². The van der Waals surface area contributed by atoms with Gasteiger partial charge in [0.15, 0.2) is 11.5 Å². The molecule has 0 amide bonds. The number of hydrogen-bond donors (Lipinski definition) is 0. The van der Waals surface area contributed by atoms with Gasteiger partial charge in [-0.15, -0.1) is 0 Å². The van der Waals surface area contributed by atoms with E-state index in [9.17, 15) is 4.79 Å². The molecule has 21 heavy (non-hydrogen) atoms. The standard InChI is InChI=1S/C16H18BrNO3/c1-11-14(16(18-10-19)5-2-3-6-16)12(17)9-13-15(11)21-8-4-7-20-13/h9H,2-8H2,1H3. The predicted octanol–water partition coefficient (Wildman–Crippen LogP) is 4.02. The minimum absolute atomic E-state index is 0.463. The van der Waals surface area contributed by atoms with E-state index >= 15 is 0 Å². The molecule has 0 unspecified atom stereocenters. The molecule has 5 heteroatoms. The van der Waals surface area contributed by atoms with Gasteiger partial charge < -0.3 is 9.47 Å². The molecule has 1 fully saturated rings. The van der Waals surface area contributed by atoms with Crippen molar-refractivity contribution in [2.75, 3.05) is 13.2 Å². The summed E-state index contributed by atoms with van der Waals surface area (Å²) in [5, 5.41) is 0. The van der Waals surface area contributed by atoms with Crippen LogP contribution in [0.1, 0.15) is 43.2 Å². The maximum Gasteiger partial charge on any atom is 0.235 e. The molecule has 0 aromatic heterocycles. The summed E-state index contributed by atoms with van der Waals surface area (Å²) in [6.45, 7) is 3.34. The Morgan fingerprint density at radius 3 is 2.67 bits per heavy atom. The van der Waals surface area contributed by atoms with Gasteiger partial charge in [-0.1, -0.05) is 28.8 Å². The Labute approximate surface area is 132 Å². The Bertz CT molecular complexity index is 602. The summed E-state index contributed by atoms with van der Waals surface area (Å²) >= 11 is 3.64. The molecule has 1 heterocycles. The Kier molecular flexibility index (Phi) is 4.05. The van der Waals surface area contributed by atoms with Crippen molar-refractivity contribution in [2.24, 2.45) is 4.99 Å². The number of carbonyl (C=O) groups excluding carboxylic acids is 1. The van der Waals surface area contributed by atoms with Crippen LogP contribution >= 0.6 is 15.9 Å². The molecule has 0 bridgehead atoms. The second-order valence-corrected chi connectivity index (χ2v) is 6.53. The molecule has 1 aliphatic carbocycles. The highest BCUT2D eigenvalue weighted by atomic mass is 79.9. The Morgan fingerprint density at radius 2 is 1.95 bits per heavy atom. The van der Waals surface area contributed by atoms with E-state index in [1.807, 2.05) is 13.0 Å². The number of isocyanates is 1. The summed E-state index contributed by atoms with van der Waals surface area (Å²) in [7, 11) is 0. The van der Waals surface area contributed by atoms with E-state index in [2.05, 4.69) is 20.9 Å². The minimum Gasteiger partial charge on any atom is -0.490 e. The third-order valence-electron chi connectivity index (χ3n) is 4.38. The first-order valence-electron chi connectivity index (χ1n) is 7.36. The number of nitrogens with zero attached hydrogens (tertiary/aromatic N) is 1. The smallest absolute Gasteiger partial charge is 0.235 e. The molecule has 3 rings (SSSR count). The van der Waals surface area contributed by atoms with Gasteiger partial charge in [0.1, 0.15) is 0 Å². The predicted molar refractivity (Wildman–Crippen MR) is 82.8 cm³/mol. The maximum atomic E-state index is 10.9. The van der Waals surface area contributed by atoms with E-state index < -0.39 is 5.54 Å². The van der Waals surface area contributed by atoms with Crippen LogP contribution in [-0.2, 0) is 10.3 Å². The number of ether oxygens (including phenoxy) is 2. The number of fused-ring (bicyclic) bond motifs is 1. The average Bonchev–Trinajstić information content (AvgIpc) is 2.78. The lowest BCUT2D eigenvalue weighted by atomic mass is 9.85. The van der Waals surface area contributed by atoms with Gasteiger partial charge in [-0.2, -0.15) is 4.99 Å². The Hall–Kier alpha value is -1.32. The van der Waals surface area contributed by atoms with Crippen molar-refractivity contribution in [3.8, 4) is 11.5 Å². The number of hydrogen-bond acceptors (Lipinski definition) is 4. The summed E-state index contributed by atoms with van der Waals surface area (Å²) in [6, 6.07) is 1.95. The van der Waals surface area contributed by atoms with Crippen LogP contribution in [0.4, 0.5) is 0 Å². The van der Waals surface area contributed by atoms with Gasteiger partial charge in [0.05, 0.1) is 18.8 Å². The normalized spacial score (nSPS) is 19.7. The molecule has 1 aliphatic heterocycles. The molecule has 0 radical (unpaired) electrons. The Balaban J connectivity index is 2.18. The molecular weight excluding hydrogens is 334 g/mol. The van der Waals surface area contributed by atoms with Gasteiger partial charge in [-0.05, 0) is 25.8 Å². The second-order valence-electron chi connectivity index (χ2n) is 5.68. The first-order chi connectivity index (χ1) is 10.2. The second kappa shape index (κ2) is 5.82. The Morgan fingerprint density at radius 1 is 1.24 bits per heavy atom. The van der Waals surface area contributed by atoms with Crippen LogP contribution in [-0.4, -0.2) is 19.3 Å². The third kappa shape index (κ3) is 2.49. The van der Waals surface area contributed by atoms with Crippen molar-refractivity contribution in [1.82, 2.24) is 0 Å². The quantitative estimate of drug-likeness (QED) is 0.597. The maximum absolute atomic E-state index is 10.9. The third-order valence-corrected chi connectivity index (χ3v) is 5.01. The molecular formula is C16H18BrNO3. The van der Waals surface area contributed by atoms with Crippen molar-refractivity contribution in [2.45, 2.75) is 44.6 Å². The highest BCUT2D eigenvalue weighted by molar-refractivity contribution is 9.10. The zero-order valence-corrected chi connectivity index (χ0v) is 13.7. The molecule has 0 atom stereocenters. The van der Waals surface area contributed by atoms with E-state index in [1.165, 1.54) is 0 Å². The van der Waals surface area contributed by atoms with Crippen LogP contribution in [0.5, 0.6) is 11.5 Å². The van der Waals surface area contributed by atoms with Gasteiger partial charge in [0.25, 0.3) is 0 Å². The van der Waals surface area contributed by atoms with Crippen molar-refractivity contribution in [3.05, 3.63) is 21.7 Å². The number of aliphatic imine (C=N–C) groups is 1. The summed E-state index contributed by atoms with van der Waals surface area (Å²) < 4.78 is 12.6. The molecule has 112 valence electrons. The lowest BCUT2D eigenvalue weighted by molar-refractivity contribution is 0.296. The SMILES string of the molecule is Cc1c2c(cc(Br)c1C1(N=C=O)CCCC1)OCCCO2. The topological polar surface area (TPSA) is 47.9 Å². The fraction of sp³-hybridized carbons (Fsp3) is 0.562. The van der Waals surface area contributed by atoms with E-state index in [-0.39, 0.29) is 0 Å². The fourth-order valence-electron chi connectivity index (χ4n) is 3.47. The van der Waals surface area contributed by atoms with Crippen LogP contribution in [0.3, 0.4) is 0 Å². The van der Waals surface area contributed by atoms with Crippen molar-refractivity contribution in [1.29, 1.82) is 0 Å². The van der Waals surface area contributed by atoms with Crippen LogP contribution in [0.2, 0.25) is 0 Å². The largest absolute Gasteiger partial charge is 0.490 e. The highest BCUT2D eigenvalue weighted by Gasteiger charge is 2.40. The van der Waals surface area contributed by atoms with E-state index in [0.717, 1.165) is 59.2 Å². The molecule has 4 nitrogen and oxygen atoms in total. The fourth-order valence-corrected chi connectivity index (χ4v) is 4.34. The van der Waals surface area contributed by atoms with E-state index in [0.29, 0.717) is 13.2 Å². The van der Waals surface area contributed by atoms with Crippen LogP contribution in [0, 0.1) is 6.92 Å². The van der Waals surface area contributed by atoms with Crippen LogP contribution in [0.15, 0.2) is 15.5 Å². The molecule has 1 saturated carbocycles. The average molecular weight is 352 g/mol. The van der Waals surface area contributed by atoms with Gasteiger partial charge in [-0.3, -0.25) is 0 Å². The van der Waals surface area contributed by atoms with Gasteiger partial charge in [0, 0.05) is 22.0 Å². The number of rotatable bonds is 2. The van der Waals surface area contributed by atoms with E-state index in [1.54, 1.807) is 6.08 Å². The molecule has 0 N–H and O–H groups in total. The summed E-state index contributed by atoms with van der Waals surface area (Å²) in [5.41, 5.74) is 1.60. The summed E-state index contributed by atoms with van der Waals surface area (Å²) in [4.78, 5) is 15.1. The number of halogens is 1. The molecule has 1 aromatic carbocycles. The summed E-state index contributed by atoms with van der Waals surface area (Å²) in [5.74, 6) is 1.56. The lowest BCUT2D eigenvalue weighted by Crippen LogP contribution is -2.21. The zero-order valence-electron chi connectivity index (χ0n) is 12.1.